The van der Waals surface area contributed by atoms with Crippen molar-refractivity contribution < 1.29 is 19.1 Å². The van der Waals surface area contributed by atoms with E-state index in [1.807, 2.05) is 43.2 Å². The first kappa shape index (κ1) is 27.7. The predicted molar refractivity (Wildman–Crippen MR) is 157 cm³/mol. The van der Waals surface area contributed by atoms with Gasteiger partial charge in [-0.05, 0) is 94.2 Å². The van der Waals surface area contributed by atoms with Gasteiger partial charge in [-0.1, -0.05) is 19.9 Å². The van der Waals surface area contributed by atoms with Crippen LogP contribution in [0.3, 0.4) is 0 Å². The Hall–Kier alpha value is -3.81. The van der Waals surface area contributed by atoms with Crippen LogP contribution in [0.2, 0.25) is 0 Å². The smallest absolute Gasteiger partial charge is 0.410 e. The Morgan fingerprint density at radius 2 is 1.85 bits per heavy atom. The highest BCUT2D eigenvalue weighted by Crippen LogP contribution is 2.39. The van der Waals surface area contributed by atoms with E-state index >= 15 is 0 Å². The van der Waals surface area contributed by atoms with Gasteiger partial charge in [0.1, 0.15) is 11.2 Å². The van der Waals surface area contributed by atoms with Crippen molar-refractivity contribution in [3.05, 3.63) is 59.0 Å². The minimum atomic E-state index is -0.484. The van der Waals surface area contributed by atoms with Crippen molar-refractivity contribution in [1.82, 2.24) is 19.3 Å². The summed E-state index contributed by atoms with van der Waals surface area (Å²) in [7, 11) is 0. The van der Waals surface area contributed by atoms with E-state index in [1.54, 1.807) is 13.1 Å². The monoisotopic (exact) mass is 544 g/mol. The SMILES string of the molecule is CCOC(=O)c1cn2cc(-c3[nH]c4ccc(C5CCN(C(=O)OC(C)(C)C)CC5)cc4c3C(C)C)cc(C)c2n1. The molecular weight excluding hydrogens is 504 g/mol. The van der Waals surface area contributed by atoms with Crippen molar-refractivity contribution in [1.29, 1.82) is 0 Å². The zero-order chi connectivity index (χ0) is 28.8. The Morgan fingerprint density at radius 1 is 1.12 bits per heavy atom. The molecule has 0 bridgehead atoms. The molecule has 0 atom stereocenters. The van der Waals surface area contributed by atoms with Gasteiger partial charge in [-0.2, -0.15) is 0 Å². The lowest BCUT2D eigenvalue weighted by atomic mass is 9.87. The number of nitrogens with one attached hydrogen (secondary N) is 1. The number of aromatic nitrogens is 3. The zero-order valence-electron chi connectivity index (χ0n) is 24.6. The van der Waals surface area contributed by atoms with Gasteiger partial charge in [0.2, 0.25) is 0 Å². The summed E-state index contributed by atoms with van der Waals surface area (Å²) in [4.78, 5) is 34.8. The second-order valence-electron chi connectivity index (χ2n) is 12.1. The number of carbonyl (C=O) groups excluding carboxylic acids is 2. The zero-order valence-corrected chi connectivity index (χ0v) is 24.6. The van der Waals surface area contributed by atoms with Crippen LogP contribution < -0.4 is 0 Å². The molecule has 1 amide bonds. The van der Waals surface area contributed by atoms with E-state index < -0.39 is 11.6 Å². The van der Waals surface area contributed by atoms with E-state index in [9.17, 15) is 9.59 Å². The third-order valence-electron chi connectivity index (χ3n) is 7.57. The number of pyridine rings is 1. The number of H-pyrrole nitrogens is 1. The summed E-state index contributed by atoms with van der Waals surface area (Å²) < 4.78 is 12.6. The molecular formula is C32H40N4O4. The van der Waals surface area contributed by atoms with Crippen LogP contribution >= 0.6 is 0 Å². The van der Waals surface area contributed by atoms with Crippen LogP contribution in [-0.2, 0) is 9.47 Å². The maximum Gasteiger partial charge on any atom is 0.410 e. The van der Waals surface area contributed by atoms with Gasteiger partial charge in [-0.3, -0.25) is 0 Å². The third kappa shape index (κ3) is 5.44. The van der Waals surface area contributed by atoms with E-state index in [-0.39, 0.29) is 6.09 Å². The first-order chi connectivity index (χ1) is 18.9. The Kier molecular flexibility index (Phi) is 7.38. The van der Waals surface area contributed by atoms with Gasteiger partial charge in [0, 0.05) is 41.9 Å². The van der Waals surface area contributed by atoms with Crippen molar-refractivity contribution in [2.75, 3.05) is 19.7 Å². The first-order valence-corrected chi connectivity index (χ1v) is 14.3. The second-order valence-corrected chi connectivity index (χ2v) is 12.1. The number of hydrogen-bond donors (Lipinski definition) is 1. The largest absolute Gasteiger partial charge is 0.461 e. The molecule has 4 heterocycles. The Balaban J connectivity index is 1.45. The van der Waals surface area contributed by atoms with Gasteiger partial charge < -0.3 is 23.8 Å². The summed E-state index contributed by atoms with van der Waals surface area (Å²) in [5.74, 6) is 0.277. The highest BCUT2D eigenvalue weighted by Gasteiger charge is 2.28. The Bertz CT molecular complexity index is 1570. The van der Waals surface area contributed by atoms with Crippen LogP contribution in [0.4, 0.5) is 4.79 Å². The van der Waals surface area contributed by atoms with E-state index in [4.69, 9.17) is 9.47 Å². The van der Waals surface area contributed by atoms with Gasteiger partial charge in [0.25, 0.3) is 0 Å². The molecule has 1 aliphatic rings. The molecule has 4 aromatic rings. The van der Waals surface area contributed by atoms with Gasteiger partial charge in [-0.25, -0.2) is 14.6 Å². The van der Waals surface area contributed by atoms with Crippen LogP contribution in [0.15, 0.2) is 36.7 Å². The number of rotatable bonds is 5. The highest BCUT2D eigenvalue weighted by molar-refractivity contribution is 5.92. The lowest BCUT2D eigenvalue weighted by Crippen LogP contribution is -2.41. The molecule has 0 unspecified atom stereocenters. The number of imidazole rings is 1. The fourth-order valence-electron chi connectivity index (χ4n) is 5.74. The highest BCUT2D eigenvalue weighted by atomic mass is 16.6. The van der Waals surface area contributed by atoms with Crippen molar-refractivity contribution in [2.45, 2.75) is 78.7 Å². The Labute approximate surface area is 235 Å². The number of carbonyl (C=O) groups is 2. The van der Waals surface area contributed by atoms with E-state index in [1.165, 1.54) is 16.5 Å². The number of piperidine rings is 1. The van der Waals surface area contributed by atoms with Crippen molar-refractivity contribution in [3.8, 4) is 11.3 Å². The van der Waals surface area contributed by atoms with Crippen LogP contribution in [0.25, 0.3) is 27.8 Å². The maximum atomic E-state index is 12.5. The number of fused-ring (bicyclic) bond motifs is 2. The molecule has 40 heavy (non-hydrogen) atoms. The van der Waals surface area contributed by atoms with Crippen LogP contribution in [0.5, 0.6) is 0 Å². The number of aryl methyl sites for hydroxylation is 1. The Morgan fingerprint density at radius 3 is 2.50 bits per heavy atom. The second kappa shape index (κ2) is 10.6. The molecule has 1 aromatic carbocycles. The molecule has 8 heteroatoms. The quantitative estimate of drug-likeness (QED) is 0.268. The summed E-state index contributed by atoms with van der Waals surface area (Å²) in [6.07, 6.45) is 5.38. The van der Waals surface area contributed by atoms with Gasteiger partial charge in [0.15, 0.2) is 5.69 Å². The molecule has 0 saturated carbocycles. The van der Waals surface area contributed by atoms with Crippen molar-refractivity contribution >= 4 is 28.6 Å². The molecule has 0 radical (unpaired) electrons. The predicted octanol–water partition coefficient (Wildman–Crippen LogP) is 7.21. The van der Waals surface area contributed by atoms with E-state index in [0.29, 0.717) is 37.2 Å². The molecule has 5 rings (SSSR count). The maximum absolute atomic E-state index is 12.5. The molecule has 1 aliphatic heterocycles. The number of benzene rings is 1. The number of ether oxygens (including phenoxy) is 2. The molecule has 1 fully saturated rings. The standard InChI is InChI=1S/C32H40N4O4/c1-8-39-30(37)26-18-36-17-23(15-20(4)29(36)34-26)28-27(19(2)3)24-16-22(9-10-25(24)33-28)21-11-13-35(14-12-21)31(38)40-32(5,6)7/h9-10,15-19,21,33H,8,11-14H2,1-7H3. The fourth-order valence-corrected chi connectivity index (χ4v) is 5.74. The molecule has 8 nitrogen and oxygen atoms in total. The van der Waals surface area contributed by atoms with Gasteiger partial charge in [-0.15, -0.1) is 0 Å². The number of hydrogen-bond acceptors (Lipinski definition) is 5. The van der Waals surface area contributed by atoms with E-state index in [2.05, 4.69) is 48.1 Å². The molecule has 0 spiro atoms. The number of esters is 1. The number of amides is 1. The lowest BCUT2D eigenvalue weighted by Gasteiger charge is -2.33. The van der Waals surface area contributed by atoms with Crippen molar-refractivity contribution in [3.63, 3.8) is 0 Å². The molecule has 3 aromatic heterocycles. The first-order valence-electron chi connectivity index (χ1n) is 14.3. The number of nitrogens with zero attached hydrogens (tertiary/aromatic N) is 3. The van der Waals surface area contributed by atoms with E-state index in [0.717, 1.165) is 40.8 Å². The number of aromatic amines is 1. The summed E-state index contributed by atoms with van der Waals surface area (Å²) in [5, 5.41) is 1.23. The van der Waals surface area contributed by atoms with Gasteiger partial charge >= 0.3 is 12.1 Å². The minimum Gasteiger partial charge on any atom is -0.461 e. The van der Waals surface area contributed by atoms with Crippen molar-refractivity contribution in [2.24, 2.45) is 0 Å². The average molecular weight is 545 g/mol. The van der Waals surface area contributed by atoms with Crippen LogP contribution in [0.1, 0.15) is 93.4 Å². The summed E-state index contributed by atoms with van der Waals surface area (Å²) in [6.45, 7) is 15.7. The minimum absolute atomic E-state index is 0.224. The van der Waals surface area contributed by atoms with Crippen LogP contribution in [0, 0.1) is 6.92 Å². The molecule has 0 aliphatic carbocycles. The molecule has 212 valence electrons. The summed E-state index contributed by atoms with van der Waals surface area (Å²) >= 11 is 0. The molecule has 1 N–H and O–H groups in total. The summed E-state index contributed by atoms with van der Waals surface area (Å²) in [6, 6.07) is 8.86. The lowest BCUT2D eigenvalue weighted by molar-refractivity contribution is 0.0204. The summed E-state index contributed by atoms with van der Waals surface area (Å²) in [5.41, 5.74) is 7.37. The van der Waals surface area contributed by atoms with Crippen LogP contribution in [-0.4, -0.2) is 56.6 Å². The molecule has 1 saturated heterocycles. The normalized spacial score (nSPS) is 14.8. The average Bonchev–Trinajstić information content (AvgIpc) is 3.50. The van der Waals surface area contributed by atoms with Gasteiger partial charge in [0.05, 0.1) is 12.3 Å². The topological polar surface area (TPSA) is 88.9 Å². The third-order valence-corrected chi connectivity index (χ3v) is 7.57. The fraction of sp³-hybridized carbons (Fsp3) is 0.469. The number of likely N-dealkylation sites (tertiary alicyclic amines) is 1.